The minimum atomic E-state index is -0.405. The summed E-state index contributed by atoms with van der Waals surface area (Å²) in [4.78, 5) is 14.1. The van der Waals surface area contributed by atoms with Crippen LogP contribution in [0, 0.1) is 0 Å². The molecule has 3 nitrogen and oxygen atoms in total. The van der Waals surface area contributed by atoms with Crippen LogP contribution in [0.15, 0.2) is 30.3 Å². The van der Waals surface area contributed by atoms with Crippen molar-refractivity contribution in [2.75, 3.05) is 6.54 Å². The molecule has 1 aromatic carbocycles. The standard InChI is InChI=1S/C14H20N2O/c1-2-16(12-8-9-12)14(17)13(15)10-11-6-4-3-5-7-11/h3-7,12-13H,2,8-10,15H2,1H3. The van der Waals surface area contributed by atoms with Gasteiger partial charge in [0, 0.05) is 12.6 Å². The lowest BCUT2D eigenvalue weighted by Crippen LogP contribution is -2.45. The molecule has 1 atom stereocenters. The van der Waals surface area contributed by atoms with Gasteiger partial charge in [-0.3, -0.25) is 4.79 Å². The predicted molar refractivity (Wildman–Crippen MR) is 68.5 cm³/mol. The van der Waals surface area contributed by atoms with Crippen LogP contribution in [0.4, 0.5) is 0 Å². The van der Waals surface area contributed by atoms with Crippen molar-refractivity contribution in [1.29, 1.82) is 0 Å². The predicted octanol–water partition coefficient (Wildman–Crippen LogP) is 1.57. The number of carbonyl (C=O) groups is 1. The Morgan fingerprint density at radius 3 is 2.59 bits per heavy atom. The van der Waals surface area contributed by atoms with Crippen molar-refractivity contribution in [3.8, 4) is 0 Å². The number of rotatable bonds is 5. The first-order valence-corrected chi connectivity index (χ1v) is 6.32. The Kier molecular flexibility index (Phi) is 3.79. The normalized spacial score (nSPS) is 16.6. The van der Waals surface area contributed by atoms with Gasteiger partial charge in [0.15, 0.2) is 0 Å². The zero-order chi connectivity index (χ0) is 12.3. The van der Waals surface area contributed by atoms with Crippen molar-refractivity contribution in [2.24, 2.45) is 5.73 Å². The van der Waals surface area contributed by atoms with Gasteiger partial charge in [0.2, 0.25) is 5.91 Å². The van der Waals surface area contributed by atoms with E-state index in [1.54, 1.807) is 0 Å². The van der Waals surface area contributed by atoms with Gasteiger partial charge in [-0.05, 0) is 31.7 Å². The van der Waals surface area contributed by atoms with E-state index >= 15 is 0 Å². The van der Waals surface area contributed by atoms with Gasteiger partial charge in [-0.2, -0.15) is 0 Å². The summed E-state index contributed by atoms with van der Waals surface area (Å²) < 4.78 is 0. The topological polar surface area (TPSA) is 46.3 Å². The summed E-state index contributed by atoms with van der Waals surface area (Å²) >= 11 is 0. The number of amides is 1. The lowest BCUT2D eigenvalue weighted by atomic mass is 10.1. The largest absolute Gasteiger partial charge is 0.339 e. The van der Waals surface area contributed by atoms with Gasteiger partial charge in [-0.1, -0.05) is 30.3 Å². The second-order valence-corrected chi connectivity index (χ2v) is 4.65. The van der Waals surface area contributed by atoms with Crippen LogP contribution in [0.5, 0.6) is 0 Å². The average molecular weight is 232 g/mol. The van der Waals surface area contributed by atoms with Crippen LogP contribution in [-0.4, -0.2) is 29.4 Å². The lowest BCUT2D eigenvalue weighted by molar-refractivity contribution is -0.132. The Labute approximate surface area is 103 Å². The fourth-order valence-electron chi connectivity index (χ4n) is 2.15. The SMILES string of the molecule is CCN(C(=O)C(N)Cc1ccccc1)C1CC1. The van der Waals surface area contributed by atoms with E-state index in [9.17, 15) is 4.79 Å². The summed E-state index contributed by atoms with van der Waals surface area (Å²) in [7, 11) is 0. The summed E-state index contributed by atoms with van der Waals surface area (Å²) in [6.07, 6.45) is 2.90. The quantitative estimate of drug-likeness (QED) is 0.837. The number of hydrogen-bond donors (Lipinski definition) is 1. The third-order valence-electron chi connectivity index (χ3n) is 3.23. The Morgan fingerprint density at radius 1 is 1.41 bits per heavy atom. The van der Waals surface area contributed by atoms with E-state index in [1.807, 2.05) is 42.2 Å². The molecule has 2 N–H and O–H groups in total. The molecule has 1 aromatic rings. The maximum absolute atomic E-state index is 12.2. The molecule has 17 heavy (non-hydrogen) atoms. The zero-order valence-electron chi connectivity index (χ0n) is 10.3. The lowest BCUT2D eigenvalue weighted by Gasteiger charge is -2.24. The fourth-order valence-corrected chi connectivity index (χ4v) is 2.15. The molecule has 0 spiro atoms. The van der Waals surface area contributed by atoms with Gasteiger partial charge in [0.1, 0.15) is 0 Å². The highest BCUT2D eigenvalue weighted by Crippen LogP contribution is 2.27. The maximum Gasteiger partial charge on any atom is 0.240 e. The van der Waals surface area contributed by atoms with Crippen LogP contribution in [0.25, 0.3) is 0 Å². The highest BCUT2D eigenvalue weighted by atomic mass is 16.2. The van der Waals surface area contributed by atoms with Crippen molar-refractivity contribution < 1.29 is 4.79 Å². The third kappa shape index (κ3) is 3.07. The molecule has 0 aliphatic heterocycles. The van der Waals surface area contributed by atoms with E-state index in [0.717, 1.165) is 24.9 Å². The van der Waals surface area contributed by atoms with E-state index in [0.29, 0.717) is 12.5 Å². The molecule has 1 fully saturated rings. The first-order valence-electron chi connectivity index (χ1n) is 6.32. The van der Waals surface area contributed by atoms with E-state index in [4.69, 9.17) is 5.73 Å². The number of nitrogens with zero attached hydrogens (tertiary/aromatic N) is 1. The molecule has 92 valence electrons. The maximum atomic E-state index is 12.2. The van der Waals surface area contributed by atoms with Crippen LogP contribution >= 0.6 is 0 Å². The molecule has 0 aromatic heterocycles. The van der Waals surface area contributed by atoms with Gasteiger partial charge in [0.05, 0.1) is 6.04 Å². The highest BCUT2D eigenvalue weighted by molar-refractivity contribution is 5.82. The summed E-state index contributed by atoms with van der Waals surface area (Å²) in [6, 6.07) is 10.0. The molecular formula is C14H20N2O. The Hall–Kier alpha value is -1.35. The summed E-state index contributed by atoms with van der Waals surface area (Å²) in [5, 5.41) is 0. The Balaban J connectivity index is 1.94. The summed E-state index contributed by atoms with van der Waals surface area (Å²) in [5.74, 6) is 0.0962. The van der Waals surface area contributed by atoms with Gasteiger partial charge in [-0.15, -0.1) is 0 Å². The molecular weight excluding hydrogens is 212 g/mol. The van der Waals surface area contributed by atoms with Crippen molar-refractivity contribution in [3.05, 3.63) is 35.9 Å². The van der Waals surface area contributed by atoms with Crippen LogP contribution in [0.1, 0.15) is 25.3 Å². The van der Waals surface area contributed by atoms with E-state index in [2.05, 4.69) is 0 Å². The molecule has 1 aliphatic carbocycles. The summed E-state index contributed by atoms with van der Waals surface area (Å²) in [5.41, 5.74) is 7.13. The second-order valence-electron chi connectivity index (χ2n) is 4.65. The number of hydrogen-bond acceptors (Lipinski definition) is 2. The van der Waals surface area contributed by atoms with Gasteiger partial charge in [-0.25, -0.2) is 0 Å². The molecule has 0 saturated heterocycles. The van der Waals surface area contributed by atoms with E-state index < -0.39 is 6.04 Å². The average Bonchev–Trinajstić information content (AvgIpc) is 3.15. The second kappa shape index (κ2) is 5.32. The minimum absolute atomic E-state index is 0.0962. The van der Waals surface area contributed by atoms with Crippen LogP contribution in [0.3, 0.4) is 0 Å². The van der Waals surface area contributed by atoms with Crippen molar-refractivity contribution in [3.63, 3.8) is 0 Å². The van der Waals surface area contributed by atoms with Crippen LogP contribution in [0.2, 0.25) is 0 Å². The zero-order valence-corrected chi connectivity index (χ0v) is 10.3. The van der Waals surface area contributed by atoms with E-state index in [-0.39, 0.29) is 5.91 Å². The molecule has 1 amide bonds. The third-order valence-corrected chi connectivity index (χ3v) is 3.23. The first kappa shape index (κ1) is 12.1. The molecule has 0 heterocycles. The van der Waals surface area contributed by atoms with E-state index in [1.165, 1.54) is 0 Å². The first-order chi connectivity index (χ1) is 8.22. The molecule has 2 rings (SSSR count). The van der Waals surface area contributed by atoms with Crippen molar-refractivity contribution >= 4 is 5.91 Å². The number of likely N-dealkylation sites (N-methyl/N-ethyl adjacent to an activating group) is 1. The van der Waals surface area contributed by atoms with Crippen LogP contribution in [-0.2, 0) is 11.2 Å². The molecule has 0 bridgehead atoms. The highest BCUT2D eigenvalue weighted by Gasteiger charge is 2.33. The Morgan fingerprint density at radius 2 is 2.06 bits per heavy atom. The van der Waals surface area contributed by atoms with Gasteiger partial charge >= 0.3 is 0 Å². The smallest absolute Gasteiger partial charge is 0.240 e. The van der Waals surface area contributed by atoms with Gasteiger partial charge < -0.3 is 10.6 Å². The van der Waals surface area contributed by atoms with Gasteiger partial charge in [0.25, 0.3) is 0 Å². The molecule has 1 saturated carbocycles. The van der Waals surface area contributed by atoms with Crippen LogP contribution < -0.4 is 5.73 Å². The van der Waals surface area contributed by atoms with Crippen molar-refractivity contribution in [1.82, 2.24) is 4.90 Å². The molecule has 1 unspecified atom stereocenters. The fraction of sp³-hybridized carbons (Fsp3) is 0.500. The number of carbonyl (C=O) groups excluding carboxylic acids is 1. The minimum Gasteiger partial charge on any atom is -0.339 e. The summed E-state index contributed by atoms with van der Waals surface area (Å²) in [6.45, 7) is 2.79. The molecule has 0 radical (unpaired) electrons. The monoisotopic (exact) mass is 232 g/mol. The number of benzene rings is 1. The van der Waals surface area contributed by atoms with Crippen molar-refractivity contribution in [2.45, 2.75) is 38.3 Å². The molecule has 3 heteroatoms. The number of nitrogens with two attached hydrogens (primary N) is 1. The Bertz CT molecular complexity index is 373. The molecule has 1 aliphatic rings.